The number of hydrogen-bond donors (Lipinski definition) is 2. The van der Waals surface area contributed by atoms with Crippen LogP contribution in [0, 0.1) is 11.3 Å². The zero-order valence-electron chi connectivity index (χ0n) is 19.3. The van der Waals surface area contributed by atoms with Gasteiger partial charge in [-0.2, -0.15) is 5.26 Å². The van der Waals surface area contributed by atoms with Crippen LogP contribution in [0.15, 0.2) is 99.3 Å². The lowest BCUT2D eigenvalue weighted by atomic mass is 9.86. The standard InChI is InChI=1S/C27H22ClN3O4S/c1-17-24(27(33)35-15-18-7-3-2-4-8-18)25(22-11-6-12-34-22)21(14-29)26(30-17)36-16-23(32)31-20-10-5-9-19(28)13-20/h2-13,25,30H,15-16H2,1H3,(H,31,32). The molecule has 2 N–H and O–H groups in total. The van der Waals surface area contributed by atoms with Crippen LogP contribution in [0.4, 0.5) is 5.69 Å². The molecule has 9 heteroatoms. The second-order valence-corrected chi connectivity index (χ2v) is 9.30. The maximum atomic E-state index is 13.2. The summed E-state index contributed by atoms with van der Waals surface area (Å²) in [5.41, 5.74) is 2.49. The Morgan fingerprint density at radius 2 is 1.97 bits per heavy atom. The van der Waals surface area contributed by atoms with Crippen LogP contribution >= 0.6 is 23.4 Å². The second-order valence-electron chi connectivity index (χ2n) is 7.88. The van der Waals surface area contributed by atoms with Crippen molar-refractivity contribution in [2.75, 3.05) is 11.1 Å². The number of carbonyl (C=O) groups excluding carboxylic acids is 2. The van der Waals surface area contributed by atoms with Gasteiger partial charge >= 0.3 is 5.97 Å². The molecule has 0 spiro atoms. The van der Waals surface area contributed by atoms with Gasteiger partial charge in [-0.3, -0.25) is 4.79 Å². The third-order valence-electron chi connectivity index (χ3n) is 5.36. The first-order chi connectivity index (χ1) is 17.5. The summed E-state index contributed by atoms with van der Waals surface area (Å²) >= 11 is 7.14. The molecule has 0 saturated carbocycles. The quantitative estimate of drug-likeness (QED) is 0.365. The Bertz CT molecular complexity index is 1360. The van der Waals surface area contributed by atoms with Crippen LogP contribution in [0.3, 0.4) is 0 Å². The van der Waals surface area contributed by atoms with Gasteiger partial charge in [-0.1, -0.05) is 59.8 Å². The zero-order chi connectivity index (χ0) is 25.5. The molecule has 182 valence electrons. The molecule has 1 aliphatic rings. The van der Waals surface area contributed by atoms with Crippen LogP contribution in [-0.2, 0) is 20.9 Å². The Labute approximate surface area is 217 Å². The van der Waals surface area contributed by atoms with Gasteiger partial charge in [0.2, 0.25) is 5.91 Å². The number of rotatable bonds is 8. The summed E-state index contributed by atoms with van der Waals surface area (Å²) in [5.74, 6) is -1.13. The number of halogens is 1. The normalized spacial score (nSPS) is 15.2. The number of dihydropyridines is 1. The molecule has 7 nitrogen and oxygen atoms in total. The predicted molar refractivity (Wildman–Crippen MR) is 139 cm³/mol. The van der Waals surface area contributed by atoms with Gasteiger partial charge in [-0.25, -0.2) is 4.79 Å². The molecule has 1 amide bonds. The molecule has 0 aliphatic carbocycles. The third-order valence-corrected chi connectivity index (χ3v) is 6.62. The number of benzene rings is 2. The number of nitrogens with zero attached hydrogens (tertiary/aromatic N) is 1. The molecule has 1 unspecified atom stereocenters. The lowest BCUT2D eigenvalue weighted by Crippen LogP contribution is -2.29. The van der Waals surface area contributed by atoms with E-state index in [2.05, 4.69) is 16.7 Å². The molecule has 36 heavy (non-hydrogen) atoms. The average Bonchev–Trinajstić information content (AvgIpc) is 3.41. The minimum atomic E-state index is -0.770. The highest BCUT2D eigenvalue weighted by molar-refractivity contribution is 8.03. The smallest absolute Gasteiger partial charge is 0.337 e. The largest absolute Gasteiger partial charge is 0.468 e. The van der Waals surface area contributed by atoms with Crippen molar-refractivity contribution in [3.63, 3.8) is 0 Å². The van der Waals surface area contributed by atoms with Gasteiger partial charge in [-0.05, 0) is 42.8 Å². The van der Waals surface area contributed by atoms with Crippen LogP contribution in [0.5, 0.6) is 0 Å². The van der Waals surface area contributed by atoms with Gasteiger partial charge in [0.15, 0.2) is 0 Å². The van der Waals surface area contributed by atoms with E-state index in [0.29, 0.717) is 27.2 Å². The number of anilines is 1. The highest BCUT2D eigenvalue weighted by atomic mass is 35.5. The van der Waals surface area contributed by atoms with Crippen LogP contribution in [-0.4, -0.2) is 17.6 Å². The highest BCUT2D eigenvalue weighted by Gasteiger charge is 2.37. The lowest BCUT2D eigenvalue weighted by Gasteiger charge is -2.28. The molecule has 0 fully saturated rings. The van der Waals surface area contributed by atoms with Crippen LogP contribution in [0.25, 0.3) is 0 Å². The molecule has 3 aromatic rings. The summed E-state index contributed by atoms with van der Waals surface area (Å²) in [6.07, 6.45) is 1.49. The van der Waals surface area contributed by atoms with Gasteiger partial charge in [-0.15, -0.1) is 0 Å². The Balaban J connectivity index is 1.54. The molecule has 1 aromatic heterocycles. The number of thioether (sulfide) groups is 1. The number of esters is 1. The van der Waals surface area contributed by atoms with E-state index in [0.717, 1.165) is 17.3 Å². The molecule has 2 heterocycles. The number of nitriles is 1. The number of nitrogens with one attached hydrogen (secondary N) is 2. The molecule has 1 atom stereocenters. The van der Waals surface area contributed by atoms with Crippen molar-refractivity contribution in [1.82, 2.24) is 5.32 Å². The number of furan rings is 1. The van der Waals surface area contributed by atoms with Crippen LogP contribution in [0.2, 0.25) is 5.02 Å². The molecular weight excluding hydrogens is 498 g/mol. The van der Waals surface area contributed by atoms with E-state index in [4.69, 9.17) is 20.8 Å². The van der Waals surface area contributed by atoms with E-state index in [-0.39, 0.29) is 29.4 Å². The molecule has 2 aromatic carbocycles. The Morgan fingerprint density at radius 1 is 1.17 bits per heavy atom. The monoisotopic (exact) mass is 519 g/mol. The fourth-order valence-electron chi connectivity index (χ4n) is 3.74. The van der Waals surface area contributed by atoms with E-state index in [1.807, 2.05) is 30.3 Å². The van der Waals surface area contributed by atoms with Crippen LogP contribution in [0.1, 0.15) is 24.2 Å². The lowest BCUT2D eigenvalue weighted by molar-refractivity contribution is -0.140. The fourth-order valence-corrected chi connectivity index (χ4v) is 4.82. The van der Waals surface area contributed by atoms with Gasteiger partial charge in [0.05, 0.1) is 40.2 Å². The maximum Gasteiger partial charge on any atom is 0.337 e. The summed E-state index contributed by atoms with van der Waals surface area (Å²) < 4.78 is 11.2. The molecular formula is C27H22ClN3O4S. The SMILES string of the molecule is CC1=C(C(=O)OCc2ccccc2)C(c2ccco2)C(C#N)=C(SCC(=O)Nc2cccc(Cl)c2)N1. The number of allylic oxidation sites excluding steroid dienone is 2. The summed E-state index contributed by atoms with van der Waals surface area (Å²) in [6, 6.07) is 21.8. The topological polar surface area (TPSA) is 104 Å². The molecule has 0 radical (unpaired) electrons. The van der Waals surface area contributed by atoms with Gasteiger partial charge in [0, 0.05) is 16.4 Å². The molecule has 4 rings (SSSR count). The van der Waals surface area contributed by atoms with E-state index < -0.39 is 11.9 Å². The van der Waals surface area contributed by atoms with E-state index in [9.17, 15) is 14.9 Å². The minimum Gasteiger partial charge on any atom is -0.468 e. The Morgan fingerprint density at radius 3 is 2.67 bits per heavy atom. The average molecular weight is 520 g/mol. The summed E-state index contributed by atoms with van der Waals surface area (Å²) in [6.45, 7) is 1.83. The number of ether oxygens (including phenoxy) is 1. The van der Waals surface area contributed by atoms with E-state index >= 15 is 0 Å². The van der Waals surface area contributed by atoms with Crippen molar-refractivity contribution in [3.8, 4) is 6.07 Å². The van der Waals surface area contributed by atoms with Gasteiger partial charge in [0.25, 0.3) is 0 Å². The van der Waals surface area contributed by atoms with Gasteiger partial charge in [0.1, 0.15) is 12.4 Å². The molecule has 0 saturated heterocycles. The second kappa shape index (κ2) is 11.7. The van der Waals surface area contributed by atoms with E-state index in [1.54, 1.807) is 43.3 Å². The minimum absolute atomic E-state index is 0.0337. The predicted octanol–water partition coefficient (Wildman–Crippen LogP) is 5.74. The number of amides is 1. The van der Waals surface area contributed by atoms with Crippen molar-refractivity contribution in [3.05, 3.63) is 111 Å². The third kappa shape index (κ3) is 6.00. The molecule has 1 aliphatic heterocycles. The van der Waals surface area contributed by atoms with E-state index in [1.165, 1.54) is 6.26 Å². The van der Waals surface area contributed by atoms with Crippen molar-refractivity contribution in [1.29, 1.82) is 5.26 Å². The van der Waals surface area contributed by atoms with Crippen molar-refractivity contribution in [2.24, 2.45) is 0 Å². The highest BCUT2D eigenvalue weighted by Crippen LogP contribution is 2.41. The fraction of sp³-hybridized carbons (Fsp3) is 0.148. The zero-order valence-corrected chi connectivity index (χ0v) is 20.9. The van der Waals surface area contributed by atoms with Gasteiger partial charge < -0.3 is 19.8 Å². The first-order valence-electron chi connectivity index (χ1n) is 11.0. The van der Waals surface area contributed by atoms with Crippen molar-refractivity contribution >= 4 is 40.9 Å². The number of carbonyl (C=O) groups is 2. The first-order valence-corrected chi connectivity index (χ1v) is 12.4. The summed E-state index contributed by atoms with van der Waals surface area (Å²) in [7, 11) is 0. The Kier molecular flexibility index (Phi) is 8.16. The summed E-state index contributed by atoms with van der Waals surface area (Å²) in [4.78, 5) is 25.7. The molecule has 0 bridgehead atoms. The van der Waals surface area contributed by atoms with Crippen molar-refractivity contribution < 1.29 is 18.7 Å². The first kappa shape index (κ1) is 25.2. The Hall–Kier alpha value is -3.93. The van der Waals surface area contributed by atoms with Crippen molar-refractivity contribution in [2.45, 2.75) is 19.4 Å². The number of hydrogen-bond acceptors (Lipinski definition) is 7. The summed E-state index contributed by atoms with van der Waals surface area (Å²) in [5, 5.41) is 16.9. The van der Waals surface area contributed by atoms with Crippen LogP contribution < -0.4 is 10.6 Å². The maximum absolute atomic E-state index is 13.2.